The van der Waals surface area contributed by atoms with Crippen LogP contribution in [0.25, 0.3) is 44.2 Å². The number of furan rings is 1. The van der Waals surface area contributed by atoms with E-state index in [1.165, 1.54) is 55.5 Å². The molecule has 0 aliphatic heterocycles. The van der Waals surface area contributed by atoms with Crippen LogP contribution >= 0.6 is 0 Å². The van der Waals surface area contributed by atoms with E-state index < -0.39 is 0 Å². The van der Waals surface area contributed by atoms with Crippen molar-refractivity contribution in [1.29, 1.82) is 0 Å². The zero-order valence-electron chi connectivity index (χ0n) is 17.3. The second-order valence-electron chi connectivity index (χ2n) is 8.08. The fourth-order valence-corrected chi connectivity index (χ4v) is 5.12. The molecule has 2 heteroatoms. The van der Waals surface area contributed by atoms with Gasteiger partial charge in [-0.15, -0.1) is 0 Å². The van der Waals surface area contributed by atoms with E-state index in [0.29, 0.717) is 0 Å². The first-order chi connectivity index (χ1) is 14.8. The average molecular weight is 389 g/mol. The summed E-state index contributed by atoms with van der Waals surface area (Å²) in [6.07, 6.45) is 2.86. The molecule has 2 heterocycles. The molecule has 0 bridgehead atoms. The Hall–Kier alpha value is -3.39. The van der Waals surface area contributed by atoms with Crippen molar-refractivity contribution in [2.45, 2.75) is 33.1 Å². The Morgan fingerprint density at radius 3 is 2.47 bits per heavy atom. The molecule has 6 rings (SSSR count). The molecule has 5 aromatic rings. The predicted molar refractivity (Wildman–Crippen MR) is 124 cm³/mol. The molecule has 0 saturated carbocycles. The number of nitrogens with zero attached hydrogens (tertiary/aromatic N) is 1. The van der Waals surface area contributed by atoms with Crippen molar-refractivity contribution >= 4 is 21.9 Å². The van der Waals surface area contributed by atoms with Gasteiger partial charge in [-0.05, 0) is 58.9 Å². The van der Waals surface area contributed by atoms with Crippen LogP contribution in [0.3, 0.4) is 0 Å². The van der Waals surface area contributed by atoms with Crippen molar-refractivity contribution < 1.29 is 4.42 Å². The summed E-state index contributed by atoms with van der Waals surface area (Å²) in [6.45, 7) is 4.46. The van der Waals surface area contributed by atoms with Gasteiger partial charge < -0.3 is 4.42 Å². The van der Waals surface area contributed by atoms with Gasteiger partial charge in [0.1, 0.15) is 11.2 Å². The van der Waals surface area contributed by atoms with E-state index in [9.17, 15) is 0 Å². The Bertz CT molecular complexity index is 1440. The van der Waals surface area contributed by atoms with E-state index in [4.69, 9.17) is 9.40 Å². The fraction of sp³-hybridized carbons (Fsp3) is 0.179. The van der Waals surface area contributed by atoms with Crippen LogP contribution in [0.1, 0.15) is 36.4 Å². The summed E-state index contributed by atoms with van der Waals surface area (Å²) >= 11 is 0. The van der Waals surface area contributed by atoms with E-state index in [1.807, 2.05) is 12.1 Å². The van der Waals surface area contributed by atoms with Gasteiger partial charge in [0.25, 0.3) is 0 Å². The third-order valence-corrected chi connectivity index (χ3v) is 6.46. The molecule has 0 N–H and O–H groups in total. The quantitative estimate of drug-likeness (QED) is 0.316. The predicted octanol–water partition coefficient (Wildman–Crippen LogP) is 7.34. The van der Waals surface area contributed by atoms with E-state index in [-0.39, 0.29) is 0 Å². The molecule has 0 spiro atoms. The first-order valence-corrected chi connectivity index (χ1v) is 10.8. The largest absolute Gasteiger partial charge is 0.456 e. The SMILES string of the molecule is CCc1nc2c(c(-c3ccc4oc5ccccc5c4c3)c1CC)-c1ccccc1C2. The Kier molecular flexibility index (Phi) is 3.82. The van der Waals surface area contributed by atoms with Gasteiger partial charge in [0, 0.05) is 28.5 Å². The summed E-state index contributed by atoms with van der Waals surface area (Å²) in [4.78, 5) is 5.13. The molecule has 1 aliphatic carbocycles. The third kappa shape index (κ3) is 2.40. The number of aromatic nitrogens is 1. The zero-order chi connectivity index (χ0) is 20.2. The maximum absolute atomic E-state index is 6.08. The van der Waals surface area contributed by atoms with Gasteiger partial charge in [-0.2, -0.15) is 0 Å². The van der Waals surface area contributed by atoms with Crippen LogP contribution in [0, 0.1) is 0 Å². The lowest BCUT2D eigenvalue weighted by atomic mass is 9.88. The number of benzene rings is 3. The van der Waals surface area contributed by atoms with E-state index in [1.54, 1.807) is 0 Å². The van der Waals surface area contributed by atoms with Gasteiger partial charge in [0.15, 0.2) is 0 Å². The lowest BCUT2D eigenvalue weighted by Gasteiger charge is -2.18. The zero-order valence-corrected chi connectivity index (χ0v) is 17.3. The summed E-state index contributed by atoms with van der Waals surface area (Å²) in [6, 6.07) is 23.7. The molecular weight excluding hydrogens is 366 g/mol. The Morgan fingerprint density at radius 2 is 1.60 bits per heavy atom. The first kappa shape index (κ1) is 17.5. The summed E-state index contributed by atoms with van der Waals surface area (Å²) < 4.78 is 6.08. The topological polar surface area (TPSA) is 26.0 Å². The van der Waals surface area contributed by atoms with E-state index >= 15 is 0 Å². The highest BCUT2D eigenvalue weighted by atomic mass is 16.3. The van der Waals surface area contributed by atoms with Crippen molar-refractivity contribution in [2.24, 2.45) is 0 Å². The van der Waals surface area contributed by atoms with Crippen molar-refractivity contribution in [2.75, 3.05) is 0 Å². The number of hydrogen-bond acceptors (Lipinski definition) is 2. The van der Waals surface area contributed by atoms with Crippen molar-refractivity contribution in [3.05, 3.63) is 89.2 Å². The smallest absolute Gasteiger partial charge is 0.135 e. The van der Waals surface area contributed by atoms with Gasteiger partial charge in [-0.25, -0.2) is 0 Å². The average Bonchev–Trinajstić information content (AvgIpc) is 3.35. The molecule has 3 aromatic carbocycles. The lowest BCUT2D eigenvalue weighted by molar-refractivity contribution is 0.669. The van der Waals surface area contributed by atoms with Gasteiger partial charge >= 0.3 is 0 Å². The van der Waals surface area contributed by atoms with Crippen LogP contribution in [0.5, 0.6) is 0 Å². The van der Waals surface area contributed by atoms with Gasteiger partial charge in [-0.1, -0.05) is 62.4 Å². The molecule has 2 aromatic heterocycles. The monoisotopic (exact) mass is 389 g/mol. The third-order valence-electron chi connectivity index (χ3n) is 6.46. The highest BCUT2D eigenvalue weighted by molar-refractivity contribution is 6.07. The molecule has 30 heavy (non-hydrogen) atoms. The Balaban J connectivity index is 1.70. The fourth-order valence-electron chi connectivity index (χ4n) is 5.12. The minimum absolute atomic E-state index is 0.923. The highest BCUT2D eigenvalue weighted by Gasteiger charge is 2.27. The van der Waals surface area contributed by atoms with Crippen LogP contribution in [-0.2, 0) is 19.3 Å². The van der Waals surface area contributed by atoms with Crippen molar-refractivity contribution in [3.8, 4) is 22.3 Å². The summed E-state index contributed by atoms with van der Waals surface area (Å²) in [5.41, 5.74) is 12.4. The lowest BCUT2D eigenvalue weighted by Crippen LogP contribution is -2.04. The number of fused-ring (bicyclic) bond motifs is 6. The number of aryl methyl sites for hydroxylation is 1. The van der Waals surface area contributed by atoms with E-state index in [0.717, 1.165) is 30.4 Å². The molecule has 0 radical (unpaired) electrons. The summed E-state index contributed by atoms with van der Waals surface area (Å²) in [5, 5.41) is 2.36. The van der Waals surface area contributed by atoms with Crippen molar-refractivity contribution in [1.82, 2.24) is 4.98 Å². The van der Waals surface area contributed by atoms with Crippen LogP contribution in [0.15, 0.2) is 71.1 Å². The molecule has 0 saturated heterocycles. The summed E-state index contributed by atoms with van der Waals surface area (Å²) in [5.74, 6) is 0. The molecule has 0 amide bonds. The number of hydrogen-bond donors (Lipinski definition) is 0. The van der Waals surface area contributed by atoms with Gasteiger partial charge in [0.05, 0.1) is 5.69 Å². The Labute approximate surface area is 176 Å². The van der Waals surface area contributed by atoms with Gasteiger partial charge in [0.2, 0.25) is 0 Å². The van der Waals surface area contributed by atoms with Crippen LogP contribution < -0.4 is 0 Å². The normalized spacial score (nSPS) is 12.5. The molecule has 2 nitrogen and oxygen atoms in total. The molecule has 146 valence electrons. The minimum Gasteiger partial charge on any atom is -0.456 e. The van der Waals surface area contributed by atoms with E-state index in [2.05, 4.69) is 68.4 Å². The summed E-state index contributed by atoms with van der Waals surface area (Å²) in [7, 11) is 0. The highest BCUT2D eigenvalue weighted by Crippen LogP contribution is 2.45. The van der Waals surface area contributed by atoms with Crippen LogP contribution in [0.4, 0.5) is 0 Å². The number of para-hydroxylation sites is 1. The molecular formula is C28H23NO. The number of rotatable bonds is 3. The number of pyridine rings is 1. The maximum Gasteiger partial charge on any atom is 0.135 e. The van der Waals surface area contributed by atoms with Crippen LogP contribution in [0.2, 0.25) is 0 Å². The van der Waals surface area contributed by atoms with Crippen molar-refractivity contribution in [3.63, 3.8) is 0 Å². The second-order valence-corrected chi connectivity index (χ2v) is 8.08. The molecule has 0 atom stereocenters. The second kappa shape index (κ2) is 6.56. The maximum atomic E-state index is 6.08. The van der Waals surface area contributed by atoms with Crippen LogP contribution in [-0.4, -0.2) is 4.98 Å². The molecule has 1 aliphatic rings. The Morgan fingerprint density at radius 1 is 0.800 bits per heavy atom. The van der Waals surface area contributed by atoms with Gasteiger partial charge in [-0.3, -0.25) is 4.98 Å². The molecule has 0 fully saturated rings. The first-order valence-electron chi connectivity index (χ1n) is 10.8. The molecule has 0 unspecified atom stereocenters. The standard InChI is InChI=1S/C28H23NO/c1-3-19-23(4-2)29-24-16-17-9-5-6-10-20(17)28(24)27(19)18-13-14-26-22(15-18)21-11-7-8-12-25(21)30-26/h5-15H,3-4,16H2,1-2H3. The minimum atomic E-state index is 0.923.